The van der Waals surface area contributed by atoms with Crippen LogP contribution in [-0.2, 0) is 6.61 Å². The van der Waals surface area contributed by atoms with Crippen molar-refractivity contribution in [2.45, 2.75) is 13.5 Å². The molecule has 0 N–H and O–H groups in total. The lowest BCUT2D eigenvalue weighted by Gasteiger charge is -2.07. The third kappa shape index (κ3) is 3.42. The van der Waals surface area contributed by atoms with Gasteiger partial charge in [-0.25, -0.2) is 4.98 Å². The second-order valence-corrected chi connectivity index (χ2v) is 4.39. The molecule has 6 heteroatoms. The summed E-state index contributed by atoms with van der Waals surface area (Å²) >= 11 is 5.75. The molecule has 0 fully saturated rings. The van der Waals surface area contributed by atoms with Gasteiger partial charge in [-0.15, -0.1) is 0 Å². The van der Waals surface area contributed by atoms with E-state index in [-0.39, 0.29) is 18.0 Å². The van der Waals surface area contributed by atoms with Crippen molar-refractivity contribution in [1.82, 2.24) is 4.98 Å². The van der Waals surface area contributed by atoms with Crippen LogP contribution in [0.15, 0.2) is 36.5 Å². The minimum absolute atomic E-state index is 0.0415. The lowest BCUT2D eigenvalue weighted by Crippen LogP contribution is -1.99. The summed E-state index contributed by atoms with van der Waals surface area (Å²) in [6, 6.07) is 8.24. The minimum atomic E-state index is -0.456. The number of nitrogens with zero attached hydrogens (tertiary/aromatic N) is 2. The Morgan fingerprint density at radius 2 is 2.16 bits per heavy atom. The molecule has 0 spiro atoms. The van der Waals surface area contributed by atoms with Crippen LogP contribution in [0.1, 0.15) is 11.1 Å². The molecule has 0 amide bonds. The molecular formula is C13H11ClN2O3. The Bertz CT molecular complexity index is 617. The van der Waals surface area contributed by atoms with E-state index in [2.05, 4.69) is 4.98 Å². The number of rotatable bonds is 4. The number of nitro groups is 1. The van der Waals surface area contributed by atoms with Gasteiger partial charge in [-0.3, -0.25) is 10.1 Å². The van der Waals surface area contributed by atoms with Crippen LogP contribution in [0.2, 0.25) is 5.15 Å². The largest absolute Gasteiger partial charge is 0.482 e. The van der Waals surface area contributed by atoms with Crippen LogP contribution >= 0.6 is 11.6 Å². The number of aromatic nitrogens is 1. The number of pyridine rings is 1. The molecule has 1 aromatic carbocycles. The lowest BCUT2D eigenvalue weighted by atomic mass is 10.2. The molecule has 0 saturated heterocycles. The van der Waals surface area contributed by atoms with E-state index in [0.29, 0.717) is 5.15 Å². The fourth-order valence-electron chi connectivity index (χ4n) is 1.59. The summed E-state index contributed by atoms with van der Waals surface area (Å²) in [5.41, 5.74) is 1.57. The Morgan fingerprint density at radius 3 is 2.84 bits per heavy atom. The SMILES string of the molecule is Cc1ccc(OCc2ccnc(Cl)c2)c([N+](=O)[O-])c1. The summed E-state index contributed by atoms with van der Waals surface area (Å²) < 4.78 is 5.47. The number of nitro benzene ring substituents is 1. The summed E-state index contributed by atoms with van der Waals surface area (Å²) in [6.45, 7) is 1.99. The van der Waals surface area contributed by atoms with Crippen LogP contribution in [0, 0.1) is 17.0 Å². The van der Waals surface area contributed by atoms with Gasteiger partial charge in [0.25, 0.3) is 0 Å². The van der Waals surface area contributed by atoms with Crippen molar-refractivity contribution in [2.24, 2.45) is 0 Å². The van der Waals surface area contributed by atoms with E-state index in [1.54, 1.807) is 37.4 Å². The van der Waals surface area contributed by atoms with Crippen LogP contribution in [-0.4, -0.2) is 9.91 Å². The first kappa shape index (κ1) is 13.3. The Labute approximate surface area is 115 Å². The molecule has 0 saturated carbocycles. The third-order valence-corrected chi connectivity index (χ3v) is 2.70. The number of ether oxygens (including phenoxy) is 1. The maximum absolute atomic E-state index is 10.9. The van der Waals surface area contributed by atoms with Gasteiger partial charge in [0.2, 0.25) is 0 Å². The zero-order chi connectivity index (χ0) is 13.8. The number of hydrogen-bond donors (Lipinski definition) is 0. The van der Waals surface area contributed by atoms with Crippen LogP contribution in [0.5, 0.6) is 5.75 Å². The highest BCUT2D eigenvalue weighted by molar-refractivity contribution is 6.29. The molecule has 2 rings (SSSR count). The Hall–Kier alpha value is -2.14. The fraction of sp³-hybridized carbons (Fsp3) is 0.154. The number of halogens is 1. The zero-order valence-electron chi connectivity index (χ0n) is 10.2. The van der Waals surface area contributed by atoms with Gasteiger partial charge < -0.3 is 4.74 Å². The second-order valence-electron chi connectivity index (χ2n) is 4.00. The fourth-order valence-corrected chi connectivity index (χ4v) is 1.78. The van der Waals surface area contributed by atoms with Gasteiger partial charge in [-0.2, -0.15) is 0 Å². The molecule has 98 valence electrons. The van der Waals surface area contributed by atoms with Crippen molar-refractivity contribution >= 4 is 17.3 Å². The number of hydrogen-bond acceptors (Lipinski definition) is 4. The molecule has 2 aromatic rings. The Balaban J connectivity index is 2.17. The van der Waals surface area contributed by atoms with E-state index in [1.807, 2.05) is 0 Å². The highest BCUT2D eigenvalue weighted by Crippen LogP contribution is 2.28. The van der Waals surface area contributed by atoms with Gasteiger partial charge in [0.15, 0.2) is 5.75 Å². The van der Waals surface area contributed by atoms with Gasteiger partial charge in [0.1, 0.15) is 11.8 Å². The third-order valence-electron chi connectivity index (χ3n) is 2.50. The summed E-state index contributed by atoms with van der Waals surface area (Å²) in [6.07, 6.45) is 1.56. The van der Waals surface area contributed by atoms with Crippen molar-refractivity contribution in [2.75, 3.05) is 0 Å². The summed E-state index contributed by atoms with van der Waals surface area (Å²) in [7, 11) is 0. The standard InChI is InChI=1S/C13H11ClN2O3/c1-9-2-3-12(11(6-9)16(17)18)19-8-10-4-5-15-13(14)7-10/h2-7H,8H2,1H3. The summed E-state index contributed by atoms with van der Waals surface area (Å²) in [4.78, 5) is 14.3. The molecule has 0 unspecified atom stereocenters. The molecule has 5 nitrogen and oxygen atoms in total. The Morgan fingerprint density at radius 1 is 1.37 bits per heavy atom. The van der Waals surface area contributed by atoms with Crippen molar-refractivity contribution < 1.29 is 9.66 Å². The first-order valence-electron chi connectivity index (χ1n) is 5.54. The van der Waals surface area contributed by atoms with E-state index in [4.69, 9.17) is 16.3 Å². The van der Waals surface area contributed by atoms with E-state index in [0.717, 1.165) is 11.1 Å². The molecule has 0 atom stereocenters. The topological polar surface area (TPSA) is 65.3 Å². The van der Waals surface area contributed by atoms with Crippen LogP contribution in [0.4, 0.5) is 5.69 Å². The van der Waals surface area contributed by atoms with E-state index in [1.165, 1.54) is 6.07 Å². The average molecular weight is 279 g/mol. The van der Waals surface area contributed by atoms with E-state index < -0.39 is 4.92 Å². The molecule has 0 aliphatic heterocycles. The molecule has 0 aliphatic rings. The summed E-state index contributed by atoms with van der Waals surface area (Å²) in [5, 5.41) is 11.3. The quantitative estimate of drug-likeness (QED) is 0.487. The second kappa shape index (κ2) is 5.67. The maximum Gasteiger partial charge on any atom is 0.311 e. The normalized spacial score (nSPS) is 10.2. The monoisotopic (exact) mass is 278 g/mol. The predicted octanol–water partition coefficient (Wildman–Crippen LogP) is 3.53. The van der Waals surface area contributed by atoms with Crippen LogP contribution in [0.3, 0.4) is 0 Å². The smallest absolute Gasteiger partial charge is 0.311 e. The molecule has 1 heterocycles. The maximum atomic E-state index is 10.9. The first-order chi connectivity index (χ1) is 9.06. The number of aryl methyl sites for hydroxylation is 1. The van der Waals surface area contributed by atoms with Crippen molar-refractivity contribution in [3.63, 3.8) is 0 Å². The molecule has 19 heavy (non-hydrogen) atoms. The van der Waals surface area contributed by atoms with Gasteiger partial charge in [0, 0.05) is 12.3 Å². The van der Waals surface area contributed by atoms with Gasteiger partial charge in [0.05, 0.1) is 4.92 Å². The van der Waals surface area contributed by atoms with Gasteiger partial charge >= 0.3 is 5.69 Å². The highest BCUT2D eigenvalue weighted by atomic mass is 35.5. The molecule has 1 aromatic heterocycles. The number of benzene rings is 1. The van der Waals surface area contributed by atoms with Crippen LogP contribution < -0.4 is 4.74 Å². The van der Waals surface area contributed by atoms with Crippen molar-refractivity contribution in [1.29, 1.82) is 0 Å². The predicted molar refractivity (Wildman–Crippen MR) is 71.4 cm³/mol. The molecule has 0 bridgehead atoms. The molecule has 0 radical (unpaired) electrons. The lowest BCUT2D eigenvalue weighted by molar-refractivity contribution is -0.386. The van der Waals surface area contributed by atoms with E-state index in [9.17, 15) is 10.1 Å². The highest BCUT2D eigenvalue weighted by Gasteiger charge is 2.15. The first-order valence-corrected chi connectivity index (χ1v) is 5.92. The zero-order valence-corrected chi connectivity index (χ0v) is 10.9. The van der Waals surface area contributed by atoms with Crippen molar-refractivity contribution in [3.05, 3.63) is 62.9 Å². The van der Waals surface area contributed by atoms with Crippen molar-refractivity contribution in [3.8, 4) is 5.75 Å². The van der Waals surface area contributed by atoms with Crippen LogP contribution in [0.25, 0.3) is 0 Å². The molecule has 0 aliphatic carbocycles. The van der Waals surface area contributed by atoms with Gasteiger partial charge in [-0.05, 0) is 36.2 Å². The average Bonchev–Trinajstić information content (AvgIpc) is 2.37. The molecular weight excluding hydrogens is 268 g/mol. The summed E-state index contributed by atoms with van der Waals surface area (Å²) in [5.74, 6) is 0.239. The van der Waals surface area contributed by atoms with Gasteiger partial charge in [-0.1, -0.05) is 17.7 Å². The Kier molecular flexibility index (Phi) is 3.97. The minimum Gasteiger partial charge on any atom is -0.482 e. The van der Waals surface area contributed by atoms with E-state index >= 15 is 0 Å².